The molecule has 0 aromatic heterocycles. The molecule has 1 saturated carbocycles. The summed E-state index contributed by atoms with van der Waals surface area (Å²) in [6.45, 7) is 6.61. The van der Waals surface area contributed by atoms with Crippen molar-refractivity contribution in [3.63, 3.8) is 0 Å². The first-order valence-electron chi connectivity index (χ1n) is 6.52. The van der Waals surface area contributed by atoms with E-state index < -0.39 is 6.04 Å². The van der Waals surface area contributed by atoms with Crippen LogP contribution in [0.15, 0.2) is 0 Å². The molecule has 0 saturated heterocycles. The number of esters is 1. The van der Waals surface area contributed by atoms with Crippen molar-refractivity contribution in [2.24, 2.45) is 23.5 Å². The second kappa shape index (κ2) is 6.64. The molecular weight excluding hydrogens is 234 g/mol. The lowest BCUT2D eigenvalue weighted by Crippen LogP contribution is -2.41. The molecule has 17 heavy (non-hydrogen) atoms. The maximum atomic E-state index is 11.7. The molecule has 0 amide bonds. The highest BCUT2D eigenvalue weighted by Crippen LogP contribution is 2.35. The van der Waals surface area contributed by atoms with Gasteiger partial charge in [0.25, 0.3) is 0 Å². The Morgan fingerprint density at radius 1 is 1.47 bits per heavy atom. The Balaban J connectivity index is 2.60. The first-order valence-corrected chi connectivity index (χ1v) is 7.15. The topological polar surface area (TPSA) is 52.3 Å². The standard InChI is InChI=1S/C13H25NO2S/c1-8(2)10-5-4-9(3)6-12(10)16-13(15)11(14)7-17/h8-12,17H,4-7,14H2,1-3H3/t9?,10?,11-,12?/m0/s1. The van der Waals surface area contributed by atoms with Crippen molar-refractivity contribution >= 4 is 18.6 Å². The van der Waals surface area contributed by atoms with Crippen molar-refractivity contribution in [1.82, 2.24) is 0 Å². The summed E-state index contributed by atoms with van der Waals surface area (Å²) in [6, 6.07) is -0.594. The van der Waals surface area contributed by atoms with Crippen LogP contribution in [0.5, 0.6) is 0 Å². The van der Waals surface area contributed by atoms with Crippen molar-refractivity contribution in [2.45, 2.75) is 52.2 Å². The van der Waals surface area contributed by atoms with Crippen LogP contribution in [0.25, 0.3) is 0 Å². The lowest BCUT2D eigenvalue weighted by Gasteiger charge is -2.37. The quantitative estimate of drug-likeness (QED) is 0.601. The smallest absolute Gasteiger partial charge is 0.324 e. The predicted octanol–water partition coefficient (Wildman–Crippen LogP) is 2.25. The van der Waals surface area contributed by atoms with E-state index >= 15 is 0 Å². The van der Waals surface area contributed by atoms with Gasteiger partial charge in [0, 0.05) is 5.75 Å². The number of ether oxygens (including phenoxy) is 1. The van der Waals surface area contributed by atoms with Gasteiger partial charge < -0.3 is 10.5 Å². The zero-order valence-corrected chi connectivity index (χ0v) is 12.0. The Kier molecular flexibility index (Phi) is 5.80. The monoisotopic (exact) mass is 259 g/mol. The molecule has 1 fully saturated rings. The van der Waals surface area contributed by atoms with Gasteiger partial charge >= 0.3 is 5.97 Å². The fourth-order valence-corrected chi connectivity index (χ4v) is 2.71. The van der Waals surface area contributed by atoms with Crippen LogP contribution >= 0.6 is 12.6 Å². The van der Waals surface area contributed by atoms with Crippen LogP contribution in [0.1, 0.15) is 40.0 Å². The van der Waals surface area contributed by atoms with Crippen LogP contribution in [0, 0.1) is 17.8 Å². The summed E-state index contributed by atoms with van der Waals surface area (Å²) in [4.78, 5) is 11.7. The molecule has 0 radical (unpaired) electrons. The summed E-state index contributed by atoms with van der Waals surface area (Å²) in [5, 5.41) is 0. The van der Waals surface area contributed by atoms with Crippen LogP contribution in [0.4, 0.5) is 0 Å². The maximum Gasteiger partial charge on any atom is 0.324 e. The number of carbonyl (C=O) groups is 1. The number of hydrogen-bond acceptors (Lipinski definition) is 4. The molecule has 100 valence electrons. The van der Waals surface area contributed by atoms with E-state index in [2.05, 4.69) is 33.4 Å². The summed E-state index contributed by atoms with van der Waals surface area (Å²) < 4.78 is 5.58. The zero-order chi connectivity index (χ0) is 13.0. The fraction of sp³-hybridized carbons (Fsp3) is 0.923. The molecule has 1 aliphatic carbocycles. The lowest BCUT2D eigenvalue weighted by atomic mass is 9.75. The highest BCUT2D eigenvalue weighted by atomic mass is 32.1. The van der Waals surface area contributed by atoms with E-state index in [9.17, 15) is 4.79 Å². The van der Waals surface area contributed by atoms with E-state index in [0.29, 0.717) is 23.5 Å². The van der Waals surface area contributed by atoms with Crippen LogP contribution in [0.2, 0.25) is 0 Å². The van der Waals surface area contributed by atoms with E-state index in [1.54, 1.807) is 0 Å². The number of hydrogen-bond donors (Lipinski definition) is 2. The van der Waals surface area contributed by atoms with Crippen LogP contribution in [-0.4, -0.2) is 23.9 Å². The minimum atomic E-state index is -0.594. The molecular formula is C13H25NO2S. The Hall–Kier alpha value is -0.220. The summed E-state index contributed by atoms with van der Waals surface area (Å²) in [5.74, 6) is 1.70. The van der Waals surface area contributed by atoms with Gasteiger partial charge in [-0.1, -0.05) is 27.2 Å². The molecule has 4 heteroatoms. The van der Waals surface area contributed by atoms with Gasteiger partial charge in [-0.3, -0.25) is 4.79 Å². The maximum absolute atomic E-state index is 11.7. The van der Waals surface area contributed by atoms with Gasteiger partial charge in [0.2, 0.25) is 0 Å². The molecule has 3 unspecified atom stereocenters. The van der Waals surface area contributed by atoms with Crippen molar-refractivity contribution in [1.29, 1.82) is 0 Å². The Labute approximate surface area is 110 Å². The number of rotatable bonds is 4. The molecule has 0 aliphatic heterocycles. The van der Waals surface area contributed by atoms with Gasteiger partial charge in [-0.2, -0.15) is 12.6 Å². The second-order valence-corrected chi connectivity index (χ2v) is 5.96. The van der Waals surface area contributed by atoms with E-state index in [1.165, 1.54) is 6.42 Å². The van der Waals surface area contributed by atoms with Crippen molar-refractivity contribution in [3.05, 3.63) is 0 Å². The molecule has 4 atom stereocenters. The zero-order valence-electron chi connectivity index (χ0n) is 11.1. The number of carbonyl (C=O) groups excluding carboxylic acids is 1. The normalized spacial score (nSPS) is 31.3. The average molecular weight is 259 g/mol. The van der Waals surface area contributed by atoms with Gasteiger partial charge in [-0.25, -0.2) is 0 Å². The Morgan fingerprint density at radius 3 is 2.65 bits per heavy atom. The summed E-state index contributed by atoms with van der Waals surface area (Å²) >= 11 is 4.03. The molecule has 2 N–H and O–H groups in total. The number of nitrogens with two attached hydrogens (primary N) is 1. The summed E-state index contributed by atoms with van der Waals surface area (Å²) in [5.41, 5.74) is 5.64. The molecule has 0 bridgehead atoms. The third-order valence-corrected chi connectivity index (χ3v) is 4.12. The Bertz CT molecular complexity index is 258. The first kappa shape index (κ1) is 14.8. The molecule has 1 aliphatic rings. The van der Waals surface area contributed by atoms with Crippen molar-refractivity contribution in [3.8, 4) is 0 Å². The second-order valence-electron chi connectivity index (χ2n) is 5.59. The van der Waals surface area contributed by atoms with Crippen molar-refractivity contribution in [2.75, 3.05) is 5.75 Å². The third-order valence-electron chi connectivity index (χ3n) is 3.73. The van der Waals surface area contributed by atoms with Crippen LogP contribution in [0.3, 0.4) is 0 Å². The van der Waals surface area contributed by atoms with Gasteiger partial charge in [0.1, 0.15) is 12.1 Å². The summed E-state index contributed by atoms with van der Waals surface area (Å²) in [7, 11) is 0. The van der Waals surface area contributed by atoms with E-state index in [1.807, 2.05) is 0 Å². The van der Waals surface area contributed by atoms with Gasteiger partial charge in [0.15, 0.2) is 0 Å². The largest absolute Gasteiger partial charge is 0.461 e. The average Bonchev–Trinajstić information content (AvgIpc) is 2.27. The summed E-state index contributed by atoms with van der Waals surface area (Å²) in [6.07, 6.45) is 3.38. The molecule has 3 nitrogen and oxygen atoms in total. The highest BCUT2D eigenvalue weighted by molar-refractivity contribution is 7.80. The molecule has 0 heterocycles. The van der Waals surface area contributed by atoms with Gasteiger partial charge in [-0.05, 0) is 30.6 Å². The van der Waals surface area contributed by atoms with E-state index in [4.69, 9.17) is 10.5 Å². The molecule has 0 aromatic rings. The van der Waals surface area contributed by atoms with Crippen molar-refractivity contribution < 1.29 is 9.53 Å². The number of thiol groups is 1. The molecule has 0 spiro atoms. The van der Waals surface area contributed by atoms with Gasteiger partial charge in [-0.15, -0.1) is 0 Å². The Morgan fingerprint density at radius 2 is 2.12 bits per heavy atom. The van der Waals surface area contributed by atoms with Crippen LogP contribution in [-0.2, 0) is 9.53 Å². The first-order chi connectivity index (χ1) is 7.95. The predicted molar refractivity (Wildman–Crippen MR) is 73.1 cm³/mol. The lowest BCUT2D eigenvalue weighted by molar-refractivity contribution is -0.156. The highest BCUT2D eigenvalue weighted by Gasteiger charge is 2.34. The van der Waals surface area contributed by atoms with E-state index in [-0.39, 0.29) is 12.1 Å². The van der Waals surface area contributed by atoms with Crippen LogP contribution < -0.4 is 5.73 Å². The fourth-order valence-electron chi connectivity index (χ4n) is 2.56. The minimum absolute atomic E-state index is 0.0391. The molecule has 1 rings (SSSR count). The van der Waals surface area contributed by atoms with Gasteiger partial charge in [0.05, 0.1) is 0 Å². The van der Waals surface area contributed by atoms with E-state index in [0.717, 1.165) is 12.8 Å². The minimum Gasteiger partial charge on any atom is -0.461 e. The molecule has 0 aromatic carbocycles. The SMILES string of the molecule is CC1CCC(C(C)C)C(OC(=O)[C@@H](N)CS)C1. The third kappa shape index (κ3) is 4.18.